The van der Waals surface area contributed by atoms with Gasteiger partial charge >= 0.3 is 0 Å². The minimum absolute atomic E-state index is 0.0728. The predicted molar refractivity (Wildman–Crippen MR) is 105 cm³/mol. The lowest BCUT2D eigenvalue weighted by Crippen LogP contribution is -2.25. The van der Waals surface area contributed by atoms with Gasteiger partial charge in [0.1, 0.15) is 11.5 Å². The fourth-order valence-corrected chi connectivity index (χ4v) is 2.89. The number of ketones is 2. The van der Waals surface area contributed by atoms with Gasteiger partial charge in [0.15, 0.2) is 11.6 Å². The molecule has 0 aliphatic rings. The molecule has 0 N–H and O–H groups in total. The molecule has 6 heteroatoms. The second kappa shape index (κ2) is 8.25. The van der Waals surface area contributed by atoms with Crippen molar-refractivity contribution in [1.82, 2.24) is 9.78 Å². The van der Waals surface area contributed by atoms with Crippen molar-refractivity contribution < 1.29 is 9.59 Å². The van der Waals surface area contributed by atoms with E-state index < -0.39 is 0 Å². The fourth-order valence-electron chi connectivity index (χ4n) is 2.63. The SMILES string of the molecule is CCN(CC)c1c(/C=C/C(C)=O)c(C(C)=O)nn1-c1ccc(Br)cc1. The first-order valence-corrected chi connectivity index (χ1v) is 9.01. The number of carbonyl (C=O) groups is 2. The van der Waals surface area contributed by atoms with E-state index in [0.717, 1.165) is 29.1 Å². The third kappa shape index (κ3) is 4.25. The molecule has 2 rings (SSSR count). The van der Waals surface area contributed by atoms with E-state index in [2.05, 4.69) is 25.9 Å². The van der Waals surface area contributed by atoms with Crippen molar-refractivity contribution >= 4 is 39.4 Å². The smallest absolute Gasteiger partial charge is 0.180 e. The Bertz CT molecular complexity index is 803. The van der Waals surface area contributed by atoms with Crippen LogP contribution >= 0.6 is 15.9 Å². The second-order valence-electron chi connectivity index (χ2n) is 5.65. The summed E-state index contributed by atoms with van der Waals surface area (Å²) in [6.07, 6.45) is 3.16. The quantitative estimate of drug-likeness (QED) is 0.511. The van der Waals surface area contributed by atoms with Gasteiger partial charge in [-0.15, -0.1) is 0 Å². The lowest BCUT2D eigenvalue weighted by atomic mass is 10.1. The van der Waals surface area contributed by atoms with Crippen LogP contribution in [-0.4, -0.2) is 34.4 Å². The van der Waals surface area contributed by atoms with E-state index in [0.29, 0.717) is 11.3 Å². The molecule has 0 bridgehead atoms. The van der Waals surface area contributed by atoms with E-state index in [1.165, 1.54) is 19.9 Å². The highest BCUT2D eigenvalue weighted by Gasteiger charge is 2.23. The number of benzene rings is 1. The Morgan fingerprint density at radius 3 is 2.24 bits per heavy atom. The van der Waals surface area contributed by atoms with Gasteiger partial charge in [0, 0.05) is 30.0 Å². The summed E-state index contributed by atoms with van der Waals surface area (Å²) in [4.78, 5) is 25.7. The van der Waals surface area contributed by atoms with Gasteiger partial charge in [0.05, 0.1) is 5.69 Å². The number of anilines is 1. The van der Waals surface area contributed by atoms with Crippen molar-refractivity contribution in [3.05, 3.63) is 46.1 Å². The van der Waals surface area contributed by atoms with Crippen LogP contribution in [0.1, 0.15) is 43.7 Å². The van der Waals surface area contributed by atoms with Crippen molar-refractivity contribution in [3.63, 3.8) is 0 Å². The molecule has 1 aromatic carbocycles. The third-order valence-corrected chi connectivity index (χ3v) is 4.38. The molecule has 2 aromatic rings. The van der Waals surface area contributed by atoms with E-state index in [1.54, 1.807) is 10.8 Å². The standard InChI is InChI=1S/C19H22BrN3O2/c1-5-22(6-2)19-17(12-7-13(3)24)18(14(4)25)21-23(19)16-10-8-15(20)9-11-16/h7-12H,5-6H2,1-4H3/b12-7+. The fraction of sp³-hybridized carbons (Fsp3) is 0.316. The highest BCUT2D eigenvalue weighted by atomic mass is 79.9. The largest absolute Gasteiger partial charge is 0.357 e. The molecule has 0 fully saturated rings. The maximum Gasteiger partial charge on any atom is 0.180 e. The molecule has 0 saturated carbocycles. The molecule has 0 saturated heterocycles. The Labute approximate surface area is 156 Å². The van der Waals surface area contributed by atoms with Crippen molar-refractivity contribution in [2.24, 2.45) is 0 Å². The molecule has 0 aliphatic carbocycles. The highest BCUT2D eigenvalue weighted by molar-refractivity contribution is 9.10. The van der Waals surface area contributed by atoms with E-state index in [4.69, 9.17) is 0 Å². The van der Waals surface area contributed by atoms with Crippen molar-refractivity contribution in [2.45, 2.75) is 27.7 Å². The number of Topliss-reactive ketones (excluding diaryl/α,β-unsaturated/α-hetero) is 1. The Balaban J connectivity index is 2.77. The zero-order chi connectivity index (χ0) is 18.6. The Hall–Kier alpha value is -2.21. The first kappa shape index (κ1) is 19.1. The van der Waals surface area contributed by atoms with Crippen LogP contribution in [0.2, 0.25) is 0 Å². The van der Waals surface area contributed by atoms with Crippen LogP contribution in [0.3, 0.4) is 0 Å². The third-order valence-electron chi connectivity index (χ3n) is 3.85. The Kier molecular flexibility index (Phi) is 6.31. The Morgan fingerprint density at radius 1 is 1.16 bits per heavy atom. The zero-order valence-electron chi connectivity index (χ0n) is 14.9. The van der Waals surface area contributed by atoms with E-state index in [9.17, 15) is 9.59 Å². The summed E-state index contributed by atoms with van der Waals surface area (Å²) in [6.45, 7) is 8.60. The number of halogens is 1. The van der Waals surface area contributed by atoms with Gasteiger partial charge < -0.3 is 4.90 Å². The van der Waals surface area contributed by atoms with E-state index >= 15 is 0 Å². The van der Waals surface area contributed by atoms with Crippen LogP contribution in [0.5, 0.6) is 0 Å². The molecule has 132 valence electrons. The normalized spacial score (nSPS) is 11.1. The Morgan fingerprint density at radius 2 is 1.76 bits per heavy atom. The molecule has 0 spiro atoms. The number of nitrogens with zero attached hydrogens (tertiary/aromatic N) is 3. The zero-order valence-corrected chi connectivity index (χ0v) is 16.5. The summed E-state index contributed by atoms with van der Waals surface area (Å²) < 4.78 is 2.74. The molecular weight excluding hydrogens is 382 g/mol. The average Bonchev–Trinajstić information content (AvgIpc) is 2.94. The lowest BCUT2D eigenvalue weighted by Gasteiger charge is -2.23. The van der Waals surface area contributed by atoms with Gasteiger partial charge in [0.2, 0.25) is 0 Å². The molecule has 1 aromatic heterocycles. The maximum atomic E-state index is 12.1. The van der Waals surface area contributed by atoms with Crippen LogP contribution in [0.15, 0.2) is 34.8 Å². The summed E-state index contributed by atoms with van der Waals surface area (Å²) >= 11 is 3.43. The number of rotatable bonds is 7. The molecule has 0 unspecified atom stereocenters. The van der Waals surface area contributed by atoms with Gasteiger partial charge in [0.25, 0.3) is 0 Å². The van der Waals surface area contributed by atoms with Crippen LogP contribution in [0.25, 0.3) is 11.8 Å². The molecule has 0 aliphatic heterocycles. The van der Waals surface area contributed by atoms with Gasteiger partial charge in [-0.3, -0.25) is 9.59 Å². The lowest BCUT2D eigenvalue weighted by molar-refractivity contribution is -0.112. The van der Waals surface area contributed by atoms with Crippen LogP contribution in [0.4, 0.5) is 5.82 Å². The van der Waals surface area contributed by atoms with Gasteiger partial charge in [-0.2, -0.15) is 5.10 Å². The van der Waals surface area contributed by atoms with E-state index in [-0.39, 0.29) is 11.6 Å². The summed E-state index contributed by atoms with van der Waals surface area (Å²) in [6, 6.07) is 7.74. The number of hydrogen-bond acceptors (Lipinski definition) is 4. The van der Waals surface area contributed by atoms with Crippen LogP contribution in [0, 0.1) is 0 Å². The summed E-state index contributed by atoms with van der Waals surface area (Å²) in [7, 11) is 0. The highest BCUT2D eigenvalue weighted by Crippen LogP contribution is 2.30. The topological polar surface area (TPSA) is 55.2 Å². The predicted octanol–water partition coefficient (Wildman–Crippen LogP) is 4.29. The number of allylic oxidation sites excluding steroid dienone is 1. The summed E-state index contributed by atoms with van der Waals surface area (Å²) in [5.74, 6) is 0.610. The number of carbonyl (C=O) groups excluding carboxylic acids is 2. The average molecular weight is 404 g/mol. The van der Waals surface area contributed by atoms with E-state index in [1.807, 2.05) is 38.1 Å². The van der Waals surface area contributed by atoms with Gasteiger partial charge in [-0.05, 0) is 57.2 Å². The number of hydrogen-bond donors (Lipinski definition) is 0. The maximum absolute atomic E-state index is 12.1. The van der Waals surface area contributed by atoms with Gasteiger partial charge in [-0.1, -0.05) is 15.9 Å². The molecular formula is C19H22BrN3O2. The molecule has 5 nitrogen and oxygen atoms in total. The first-order chi connectivity index (χ1) is 11.9. The number of aromatic nitrogens is 2. The van der Waals surface area contributed by atoms with Crippen molar-refractivity contribution in [3.8, 4) is 5.69 Å². The van der Waals surface area contributed by atoms with Crippen LogP contribution < -0.4 is 4.90 Å². The van der Waals surface area contributed by atoms with Crippen molar-refractivity contribution in [1.29, 1.82) is 0 Å². The minimum atomic E-state index is -0.132. The van der Waals surface area contributed by atoms with Crippen LogP contribution in [-0.2, 0) is 4.79 Å². The first-order valence-electron chi connectivity index (χ1n) is 8.22. The second-order valence-corrected chi connectivity index (χ2v) is 6.56. The summed E-state index contributed by atoms with van der Waals surface area (Å²) in [5.41, 5.74) is 1.90. The van der Waals surface area contributed by atoms with Crippen molar-refractivity contribution in [2.75, 3.05) is 18.0 Å². The minimum Gasteiger partial charge on any atom is -0.357 e. The molecule has 25 heavy (non-hydrogen) atoms. The molecule has 0 amide bonds. The molecule has 0 atom stereocenters. The monoisotopic (exact) mass is 403 g/mol. The summed E-state index contributed by atoms with van der Waals surface area (Å²) in [5, 5.41) is 4.55. The molecule has 1 heterocycles. The van der Waals surface area contributed by atoms with Gasteiger partial charge in [-0.25, -0.2) is 4.68 Å². The molecule has 0 radical (unpaired) electrons.